The smallest absolute Gasteiger partial charge is 0.0770 e. The van der Waals surface area contributed by atoms with Gasteiger partial charge in [0.15, 0.2) is 0 Å². The molecule has 0 aliphatic carbocycles. The number of hydrogen-bond acceptors (Lipinski definition) is 2. The molecule has 0 amide bonds. The molecule has 5 rings (SSSR count). The predicted octanol–water partition coefficient (Wildman–Crippen LogP) is 3.54. The third-order valence-electron chi connectivity index (χ3n) is 6.05. The molecule has 1 atom stereocenters. The monoisotopic (exact) mass is 321 g/mol. The van der Waals surface area contributed by atoms with Gasteiger partial charge in [-0.3, -0.25) is 0 Å². The molecular weight excluding hydrogens is 294 g/mol. The molecule has 0 spiro atoms. The lowest BCUT2D eigenvalue weighted by Gasteiger charge is -2.51. The maximum Gasteiger partial charge on any atom is 0.0770 e. The van der Waals surface area contributed by atoms with Gasteiger partial charge in [-0.05, 0) is 43.0 Å². The minimum absolute atomic E-state index is 0.375. The first kappa shape index (κ1) is 15.9. The first-order valence-corrected chi connectivity index (χ1v) is 9.25. The van der Waals surface area contributed by atoms with Gasteiger partial charge < -0.3 is 10.0 Å². The number of aliphatic hydroxyl groups is 1. The van der Waals surface area contributed by atoms with Crippen molar-refractivity contribution in [1.29, 1.82) is 0 Å². The van der Waals surface area contributed by atoms with Gasteiger partial charge in [-0.25, -0.2) is 0 Å². The molecule has 2 aromatic rings. The normalized spacial score (nSPS) is 26.5. The molecule has 126 valence electrons. The summed E-state index contributed by atoms with van der Waals surface area (Å²) in [5, 5.41) is 11.8. The molecule has 0 aromatic heterocycles. The maximum absolute atomic E-state index is 11.8. The van der Waals surface area contributed by atoms with Gasteiger partial charge in [0.2, 0.25) is 0 Å². The van der Waals surface area contributed by atoms with Crippen LogP contribution >= 0.6 is 0 Å². The highest BCUT2D eigenvalue weighted by atomic mass is 16.3. The van der Waals surface area contributed by atoms with Crippen LogP contribution in [-0.4, -0.2) is 35.2 Å². The number of hydrogen-bond donors (Lipinski definition) is 1. The van der Waals surface area contributed by atoms with Crippen molar-refractivity contribution in [3.8, 4) is 0 Å². The summed E-state index contributed by atoms with van der Waals surface area (Å²) in [5.74, 6) is 1.05. The highest BCUT2D eigenvalue weighted by molar-refractivity contribution is 5.23. The van der Waals surface area contributed by atoms with Gasteiger partial charge >= 0.3 is 0 Å². The van der Waals surface area contributed by atoms with E-state index in [1.54, 1.807) is 0 Å². The Kier molecular flexibility index (Phi) is 4.43. The van der Waals surface area contributed by atoms with E-state index in [-0.39, 0.29) is 0 Å². The van der Waals surface area contributed by atoms with E-state index >= 15 is 0 Å². The zero-order valence-corrected chi connectivity index (χ0v) is 14.3. The molecule has 3 heterocycles. The van der Waals surface area contributed by atoms with E-state index in [2.05, 4.69) is 53.4 Å². The van der Waals surface area contributed by atoms with Crippen molar-refractivity contribution in [3.05, 3.63) is 71.8 Å². The Balaban J connectivity index is 1.63. The maximum atomic E-state index is 11.8. The van der Waals surface area contributed by atoms with Crippen LogP contribution in [0, 0.1) is 11.8 Å². The fourth-order valence-corrected chi connectivity index (χ4v) is 4.80. The SMILES string of the molecule is OC(Cc1ccccc1)(Cc1ccccc1)[C@@H]1CN2CCC1CC2. The van der Waals surface area contributed by atoms with Crippen molar-refractivity contribution >= 4 is 0 Å². The second kappa shape index (κ2) is 6.70. The molecule has 2 heteroatoms. The van der Waals surface area contributed by atoms with Crippen LogP contribution in [0.1, 0.15) is 24.0 Å². The Morgan fingerprint density at radius 3 is 1.75 bits per heavy atom. The van der Waals surface area contributed by atoms with Crippen LogP contribution in [0.5, 0.6) is 0 Å². The quantitative estimate of drug-likeness (QED) is 0.910. The van der Waals surface area contributed by atoms with E-state index in [1.165, 1.54) is 37.1 Å². The van der Waals surface area contributed by atoms with E-state index < -0.39 is 5.60 Å². The van der Waals surface area contributed by atoms with Crippen LogP contribution in [0.2, 0.25) is 0 Å². The van der Waals surface area contributed by atoms with Crippen molar-refractivity contribution in [2.45, 2.75) is 31.3 Å². The molecule has 0 radical (unpaired) electrons. The average molecular weight is 321 g/mol. The number of piperidine rings is 3. The van der Waals surface area contributed by atoms with Crippen LogP contribution in [0.25, 0.3) is 0 Å². The summed E-state index contributed by atoms with van der Waals surface area (Å²) < 4.78 is 0. The van der Waals surface area contributed by atoms with Crippen molar-refractivity contribution in [2.24, 2.45) is 11.8 Å². The number of nitrogens with zero attached hydrogens (tertiary/aromatic N) is 1. The van der Waals surface area contributed by atoms with Crippen LogP contribution in [0.3, 0.4) is 0 Å². The van der Waals surface area contributed by atoms with E-state index in [1.807, 2.05) is 12.1 Å². The molecule has 24 heavy (non-hydrogen) atoms. The highest BCUT2D eigenvalue weighted by Gasteiger charge is 2.46. The van der Waals surface area contributed by atoms with E-state index in [0.29, 0.717) is 11.8 Å². The second-order valence-electron chi connectivity index (χ2n) is 7.67. The van der Waals surface area contributed by atoms with Crippen LogP contribution in [0.15, 0.2) is 60.7 Å². The molecule has 3 aliphatic rings. The van der Waals surface area contributed by atoms with Gasteiger partial charge in [-0.15, -0.1) is 0 Å². The Hall–Kier alpha value is -1.64. The summed E-state index contributed by atoms with van der Waals surface area (Å²) in [5.41, 5.74) is 1.83. The molecule has 0 unspecified atom stereocenters. The van der Waals surface area contributed by atoms with Gasteiger partial charge in [0.1, 0.15) is 0 Å². The lowest BCUT2D eigenvalue weighted by molar-refractivity contribution is -0.0956. The number of benzene rings is 2. The summed E-state index contributed by atoms with van der Waals surface area (Å²) in [6.07, 6.45) is 3.99. The highest BCUT2D eigenvalue weighted by Crippen LogP contribution is 2.41. The van der Waals surface area contributed by atoms with Crippen molar-refractivity contribution in [1.82, 2.24) is 4.90 Å². The Morgan fingerprint density at radius 2 is 1.33 bits per heavy atom. The van der Waals surface area contributed by atoms with Crippen molar-refractivity contribution in [3.63, 3.8) is 0 Å². The summed E-state index contributed by atoms with van der Waals surface area (Å²) in [4.78, 5) is 2.55. The zero-order valence-electron chi connectivity index (χ0n) is 14.3. The Morgan fingerprint density at radius 1 is 0.833 bits per heavy atom. The molecule has 1 N–H and O–H groups in total. The fourth-order valence-electron chi connectivity index (χ4n) is 4.80. The average Bonchev–Trinajstić information content (AvgIpc) is 2.64. The van der Waals surface area contributed by atoms with E-state index in [4.69, 9.17) is 0 Å². The number of rotatable bonds is 5. The largest absolute Gasteiger partial charge is 0.389 e. The Bertz CT molecular complexity index is 605. The lowest BCUT2D eigenvalue weighted by atomic mass is 9.66. The first-order valence-electron chi connectivity index (χ1n) is 9.25. The molecule has 3 saturated heterocycles. The van der Waals surface area contributed by atoms with Gasteiger partial charge in [-0.1, -0.05) is 60.7 Å². The minimum Gasteiger partial charge on any atom is -0.389 e. The van der Waals surface area contributed by atoms with Crippen LogP contribution in [0.4, 0.5) is 0 Å². The van der Waals surface area contributed by atoms with Gasteiger partial charge in [0, 0.05) is 25.3 Å². The summed E-state index contributed by atoms with van der Waals surface area (Å²) >= 11 is 0. The minimum atomic E-state index is -0.660. The van der Waals surface area contributed by atoms with E-state index in [9.17, 15) is 5.11 Å². The Labute approximate surface area is 145 Å². The summed E-state index contributed by atoms with van der Waals surface area (Å²) in [6.45, 7) is 3.49. The molecule has 3 aliphatic heterocycles. The lowest BCUT2D eigenvalue weighted by Crippen LogP contribution is -2.57. The summed E-state index contributed by atoms with van der Waals surface area (Å²) in [7, 11) is 0. The van der Waals surface area contributed by atoms with Gasteiger partial charge in [0.05, 0.1) is 5.60 Å². The molecule has 3 fully saturated rings. The zero-order chi connectivity index (χ0) is 16.4. The van der Waals surface area contributed by atoms with E-state index in [0.717, 1.165) is 19.4 Å². The second-order valence-corrected chi connectivity index (χ2v) is 7.67. The van der Waals surface area contributed by atoms with Gasteiger partial charge in [-0.2, -0.15) is 0 Å². The molecule has 2 aromatic carbocycles. The first-order chi connectivity index (χ1) is 11.7. The molecule has 2 bridgehead atoms. The summed E-state index contributed by atoms with van der Waals surface area (Å²) in [6, 6.07) is 21.0. The molecule has 2 nitrogen and oxygen atoms in total. The fraction of sp³-hybridized carbons (Fsp3) is 0.455. The van der Waals surface area contributed by atoms with Crippen molar-refractivity contribution in [2.75, 3.05) is 19.6 Å². The number of fused-ring (bicyclic) bond motifs is 3. The van der Waals surface area contributed by atoms with Gasteiger partial charge in [0.25, 0.3) is 0 Å². The van der Waals surface area contributed by atoms with Crippen LogP contribution < -0.4 is 0 Å². The third-order valence-corrected chi connectivity index (χ3v) is 6.05. The predicted molar refractivity (Wildman–Crippen MR) is 97.9 cm³/mol. The topological polar surface area (TPSA) is 23.5 Å². The molecular formula is C22H27NO. The third kappa shape index (κ3) is 3.26. The van der Waals surface area contributed by atoms with Crippen LogP contribution in [-0.2, 0) is 12.8 Å². The standard InChI is InChI=1S/C22H27NO/c24-22(15-18-7-3-1-4-8-18,16-19-9-5-2-6-10-19)21-17-23-13-11-20(21)12-14-23/h1-10,20-21,24H,11-17H2/t21-/m1/s1. The molecule has 0 saturated carbocycles. The van der Waals surface area contributed by atoms with Crippen molar-refractivity contribution < 1.29 is 5.11 Å².